The first kappa shape index (κ1) is 18.6. The van der Waals surface area contributed by atoms with E-state index in [0.29, 0.717) is 37.7 Å². The average Bonchev–Trinajstić information content (AvgIpc) is 2.56. The van der Waals surface area contributed by atoms with Gasteiger partial charge in [0.15, 0.2) is 0 Å². The van der Waals surface area contributed by atoms with Crippen LogP contribution in [0.1, 0.15) is 18.9 Å². The summed E-state index contributed by atoms with van der Waals surface area (Å²) in [6, 6.07) is 8.13. The van der Waals surface area contributed by atoms with E-state index in [-0.39, 0.29) is 18.2 Å². The highest BCUT2D eigenvalue weighted by Gasteiger charge is 2.28. The molecule has 3 rings (SSSR count). The molecule has 0 saturated heterocycles. The summed E-state index contributed by atoms with van der Waals surface area (Å²) in [6.45, 7) is 4.84. The minimum absolute atomic E-state index is 0. The van der Waals surface area contributed by atoms with Crippen molar-refractivity contribution in [3.63, 3.8) is 0 Å². The van der Waals surface area contributed by atoms with Crippen LogP contribution in [0, 0.1) is 5.92 Å². The molecule has 6 heteroatoms. The van der Waals surface area contributed by atoms with Gasteiger partial charge in [-0.3, -0.25) is 4.90 Å². The third-order valence-electron chi connectivity index (χ3n) is 4.39. The fourth-order valence-electron chi connectivity index (χ4n) is 3.24. The normalized spacial score (nSPS) is 20.6. The third-order valence-corrected chi connectivity index (χ3v) is 4.39. The predicted octanol–water partition coefficient (Wildman–Crippen LogP) is 2.74. The minimum Gasteiger partial charge on any atom is -0.512 e. The van der Waals surface area contributed by atoms with Crippen LogP contribution in [-0.2, 0) is 16.0 Å². The Kier molecular flexibility index (Phi) is 6.52. The summed E-state index contributed by atoms with van der Waals surface area (Å²) in [7, 11) is 0. The summed E-state index contributed by atoms with van der Waals surface area (Å²) < 4.78 is 10.9. The van der Waals surface area contributed by atoms with Crippen LogP contribution in [-0.4, -0.2) is 48.8 Å². The van der Waals surface area contributed by atoms with E-state index < -0.39 is 5.97 Å². The van der Waals surface area contributed by atoms with Gasteiger partial charge >= 0.3 is 5.97 Å². The zero-order chi connectivity index (χ0) is 16.2. The van der Waals surface area contributed by atoms with Crippen molar-refractivity contribution in [3.05, 3.63) is 41.2 Å². The maximum Gasteiger partial charge on any atom is 0.338 e. The molecule has 1 N–H and O–H groups in total. The van der Waals surface area contributed by atoms with Gasteiger partial charge in [-0.05, 0) is 25.0 Å². The summed E-state index contributed by atoms with van der Waals surface area (Å²) in [5, 5.41) is 9.95. The highest BCUT2D eigenvalue weighted by Crippen LogP contribution is 2.28. The van der Waals surface area contributed by atoms with Gasteiger partial charge in [0.2, 0.25) is 0 Å². The number of aliphatic hydroxyl groups is 1. The Morgan fingerprint density at radius 2 is 2.21 bits per heavy atom. The molecule has 0 aliphatic carbocycles. The second kappa shape index (κ2) is 8.40. The fourth-order valence-corrected chi connectivity index (χ4v) is 3.24. The second-order valence-corrected chi connectivity index (χ2v) is 6.12. The van der Waals surface area contributed by atoms with Crippen molar-refractivity contribution >= 4 is 18.4 Å². The van der Waals surface area contributed by atoms with Crippen molar-refractivity contribution in [2.45, 2.75) is 19.8 Å². The second-order valence-electron chi connectivity index (χ2n) is 6.12. The zero-order valence-electron chi connectivity index (χ0n) is 13.9. The Bertz CT molecular complexity index is 617. The molecule has 0 amide bonds. The molecule has 132 valence electrons. The molecule has 1 atom stereocenters. The lowest BCUT2D eigenvalue weighted by Crippen LogP contribution is -2.40. The Hall–Kier alpha value is -1.72. The molecule has 2 heterocycles. The minimum atomic E-state index is -0.403. The number of para-hydroxylation sites is 1. The van der Waals surface area contributed by atoms with Crippen LogP contribution in [0.3, 0.4) is 0 Å². The SMILES string of the molecule is CCOC(=O)C1=C(O)CCN(CC2COc3ccccc3C2)C1.Cl. The monoisotopic (exact) mass is 353 g/mol. The summed E-state index contributed by atoms with van der Waals surface area (Å²) >= 11 is 0. The predicted molar refractivity (Wildman–Crippen MR) is 93.7 cm³/mol. The number of ether oxygens (including phenoxy) is 2. The molecule has 2 aliphatic rings. The van der Waals surface area contributed by atoms with Crippen molar-refractivity contribution in [3.8, 4) is 5.75 Å². The summed E-state index contributed by atoms with van der Waals surface area (Å²) in [4.78, 5) is 14.1. The third kappa shape index (κ3) is 4.22. The molecule has 5 nitrogen and oxygen atoms in total. The molecule has 0 spiro atoms. The molecule has 1 unspecified atom stereocenters. The Morgan fingerprint density at radius 1 is 1.42 bits per heavy atom. The van der Waals surface area contributed by atoms with Crippen molar-refractivity contribution in [2.75, 3.05) is 32.8 Å². The van der Waals surface area contributed by atoms with E-state index in [1.165, 1.54) is 5.56 Å². The number of nitrogens with zero attached hydrogens (tertiary/aromatic N) is 1. The molecule has 0 aromatic heterocycles. The van der Waals surface area contributed by atoms with Gasteiger partial charge in [-0.15, -0.1) is 12.4 Å². The number of hydrogen-bond acceptors (Lipinski definition) is 5. The maximum atomic E-state index is 11.9. The molecular formula is C18H24ClNO4. The highest BCUT2D eigenvalue weighted by atomic mass is 35.5. The van der Waals surface area contributed by atoms with Crippen LogP contribution < -0.4 is 4.74 Å². The lowest BCUT2D eigenvalue weighted by atomic mass is 9.95. The summed E-state index contributed by atoms with van der Waals surface area (Å²) in [6.07, 6.45) is 1.48. The van der Waals surface area contributed by atoms with Gasteiger partial charge in [0.25, 0.3) is 0 Å². The zero-order valence-corrected chi connectivity index (χ0v) is 14.7. The van der Waals surface area contributed by atoms with E-state index >= 15 is 0 Å². The van der Waals surface area contributed by atoms with Crippen LogP contribution in [0.5, 0.6) is 5.75 Å². The summed E-state index contributed by atoms with van der Waals surface area (Å²) in [5.74, 6) is 1.14. The Morgan fingerprint density at radius 3 is 3.00 bits per heavy atom. The maximum absolute atomic E-state index is 11.9. The van der Waals surface area contributed by atoms with Gasteiger partial charge in [0.05, 0.1) is 18.8 Å². The first-order valence-electron chi connectivity index (χ1n) is 8.18. The number of esters is 1. The summed E-state index contributed by atoms with van der Waals surface area (Å²) in [5.41, 5.74) is 1.64. The lowest BCUT2D eigenvalue weighted by Gasteiger charge is -2.33. The number of aliphatic hydroxyl groups excluding tert-OH is 1. The number of benzene rings is 1. The van der Waals surface area contributed by atoms with E-state index in [9.17, 15) is 9.90 Å². The molecule has 24 heavy (non-hydrogen) atoms. The molecule has 1 aromatic rings. The molecule has 0 fully saturated rings. The number of rotatable bonds is 4. The van der Waals surface area contributed by atoms with E-state index in [0.717, 1.165) is 25.3 Å². The van der Waals surface area contributed by atoms with Crippen LogP contribution in [0.4, 0.5) is 0 Å². The average molecular weight is 354 g/mol. The van der Waals surface area contributed by atoms with Crippen LogP contribution in [0.15, 0.2) is 35.6 Å². The van der Waals surface area contributed by atoms with Crippen molar-refractivity contribution < 1.29 is 19.4 Å². The van der Waals surface area contributed by atoms with Crippen LogP contribution in [0.25, 0.3) is 0 Å². The molecule has 0 saturated carbocycles. The number of halogens is 1. The van der Waals surface area contributed by atoms with Gasteiger partial charge in [-0.2, -0.15) is 0 Å². The first-order chi connectivity index (χ1) is 11.2. The van der Waals surface area contributed by atoms with Crippen molar-refractivity contribution in [2.24, 2.45) is 5.92 Å². The molecule has 0 radical (unpaired) electrons. The van der Waals surface area contributed by atoms with E-state index in [2.05, 4.69) is 11.0 Å². The van der Waals surface area contributed by atoms with Gasteiger partial charge in [-0.1, -0.05) is 18.2 Å². The van der Waals surface area contributed by atoms with Gasteiger partial charge < -0.3 is 14.6 Å². The first-order valence-corrected chi connectivity index (χ1v) is 8.18. The van der Waals surface area contributed by atoms with E-state index in [1.807, 2.05) is 18.2 Å². The molecular weight excluding hydrogens is 330 g/mol. The topological polar surface area (TPSA) is 59.0 Å². The van der Waals surface area contributed by atoms with Crippen LogP contribution >= 0.6 is 12.4 Å². The lowest BCUT2D eigenvalue weighted by molar-refractivity contribution is -0.139. The van der Waals surface area contributed by atoms with Crippen molar-refractivity contribution in [1.82, 2.24) is 4.90 Å². The smallest absolute Gasteiger partial charge is 0.338 e. The highest BCUT2D eigenvalue weighted by molar-refractivity contribution is 5.89. The number of carbonyl (C=O) groups excluding carboxylic acids is 1. The largest absolute Gasteiger partial charge is 0.512 e. The quantitative estimate of drug-likeness (QED) is 0.843. The number of hydrogen-bond donors (Lipinski definition) is 1. The van der Waals surface area contributed by atoms with Crippen molar-refractivity contribution in [1.29, 1.82) is 0 Å². The molecule has 1 aromatic carbocycles. The van der Waals surface area contributed by atoms with Gasteiger partial charge in [0, 0.05) is 32.0 Å². The molecule has 2 aliphatic heterocycles. The standard InChI is InChI=1S/C18H23NO4.ClH/c1-2-22-18(21)15-11-19(8-7-16(15)20)10-13-9-14-5-3-4-6-17(14)23-12-13;/h3-6,13,20H,2,7-12H2,1H3;1H. The number of fused-ring (bicyclic) bond motifs is 1. The van der Waals surface area contributed by atoms with Crippen LogP contribution in [0.2, 0.25) is 0 Å². The Labute approximate surface area is 148 Å². The fraction of sp³-hybridized carbons (Fsp3) is 0.500. The van der Waals surface area contributed by atoms with Gasteiger partial charge in [-0.25, -0.2) is 4.79 Å². The Balaban J connectivity index is 0.00000208. The van der Waals surface area contributed by atoms with E-state index in [1.54, 1.807) is 6.92 Å². The molecule has 0 bridgehead atoms. The van der Waals surface area contributed by atoms with E-state index in [4.69, 9.17) is 9.47 Å². The number of carbonyl (C=O) groups is 1. The van der Waals surface area contributed by atoms with Gasteiger partial charge in [0.1, 0.15) is 11.5 Å².